The van der Waals surface area contributed by atoms with E-state index in [-0.39, 0.29) is 11.0 Å². The summed E-state index contributed by atoms with van der Waals surface area (Å²) in [6, 6.07) is 2.11. The van der Waals surface area contributed by atoms with Gasteiger partial charge in [-0.05, 0) is 37.0 Å². The average molecular weight is 432 g/mol. The number of pyridine rings is 2. The summed E-state index contributed by atoms with van der Waals surface area (Å²) >= 11 is 0. The van der Waals surface area contributed by atoms with Gasteiger partial charge in [-0.15, -0.1) is 0 Å². The van der Waals surface area contributed by atoms with E-state index in [4.69, 9.17) is 0 Å². The van der Waals surface area contributed by atoms with Crippen molar-refractivity contribution >= 4 is 22.8 Å². The fourth-order valence-electron chi connectivity index (χ4n) is 4.89. The van der Waals surface area contributed by atoms with E-state index in [1.807, 2.05) is 12.3 Å². The van der Waals surface area contributed by atoms with Gasteiger partial charge in [-0.25, -0.2) is 9.78 Å². The topological polar surface area (TPSA) is 95.9 Å². The highest BCUT2D eigenvalue weighted by Crippen LogP contribution is 2.70. The van der Waals surface area contributed by atoms with Crippen molar-refractivity contribution in [2.45, 2.75) is 36.4 Å². The zero-order chi connectivity index (χ0) is 22.2. The first-order chi connectivity index (χ1) is 14.5. The van der Waals surface area contributed by atoms with Crippen LogP contribution in [0, 0.1) is 0 Å². The second-order valence-electron chi connectivity index (χ2n) is 8.61. The van der Waals surface area contributed by atoms with Crippen molar-refractivity contribution in [3.63, 3.8) is 0 Å². The van der Waals surface area contributed by atoms with Gasteiger partial charge in [0.25, 0.3) is 5.56 Å². The summed E-state index contributed by atoms with van der Waals surface area (Å²) in [5, 5.41) is 10.1. The molecule has 3 aliphatic carbocycles. The maximum Gasteiger partial charge on any atom is 0.417 e. The molecule has 0 atom stereocenters. The maximum atomic E-state index is 13.1. The van der Waals surface area contributed by atoms with Crippen molar-refractivity contribution in [3.8, 4) is 0 Å². The van der Waals surface area contributed by atoms with Crippen LogP contribution in [0.3, 0.4) is 0 Å². The molecule has 2 bridgehead atoms. The van der Waals surface area contributed by atoms with E-state index < -0.39 is 29.0 Å². The molecule has 0 aromatic carbocycles. The molecule has 162 valence electrons. The van der Waals surface area contributed by atoms with E-state index >= 15 is 0 Å². The van der Waals surface area contributed by atoms with Crippen molar-refractivity contribution in [1.82, 2.24) is 24.6 Å². The third kappa shape index (κ3) is 2.82. The minimum atomic E-state index is -4.62. The minimum absolute atomic E-state index is 0.0562. The first kappa shape index (κ1) is 19.6. The number of H-pyrrole nitrogens is 1. The number of hydrogen-bond donors (Lipinski definition) is 2. The first-order valence-electron chi connectivity index (χ1n) is 9.65. The molecule has 31 heavy (non-hydrogen) atoms. The van der Waals surface area contributed by atoms with Gasteiger partial charge in [0, 0.05) is 42.8 Å². The van der Waals surface area contributed by atoms with Crippen LogP contribution in [0.15, 0.2) is 35.5 Å². The van der Waals surface area contributed by atoms with Crippen molar-refractivity contribution in [2.24, 2.45) is 7.05 Å². The largest absolute Gasteiger partial charge is 0.417 e. The van der Waals surface area contributed by atoms with E-state index in [0.29, 0.717) is 17.9 Å². The number of aromatic nitrogens is 4. The van der Waals surface area contributed by atoms with Crippen LogP contribution in [-0.4, -0.2) is 43.3 Å². The van der Waals surface area contributed by atoms with Gasteiger partial charge in [0.2, 0.25) is 0 Å². The van der Waals surface area contributed by atoms with Crippen LogP contribution in [0.4, 0.5) is 23.7 Å². The van der Waals surface area contributed by atoms with Crippen molar-refractivity contribution in [2.75, 3.05) is 12.4 Å². The van der Waals surface area contributed by atoms with Crippen molar-refractivity contribution in [3.05, 3.63) is 52.2 Å². The van der Waals surface area contributed by atoms with Gasteiger partial charge in [0.15, 0.2) is 5.65 Å². The summed E-state index contributed by atoms with van der Waals surface area (Å²) in [7, 11) is 2.82. The lowest BCUT2D eigenvalue weighted by Gasteiger charge is -2.73. The van der Waals surface area contributed by atoms with Gasteiger partial charge in [0.1, 0.15) is 5.69 Å². The molecule has 0 spiro atoms. The molecular weight excluding hydrogens is 413 g/mol. The molecule has 3 heterocycles. The van der Waals surface area contributed by atoms with Crippen LogP contribution < -0.4 is 10.9 Å². The number of alkyl halides is 3. The van der Waals surface area contributed by atoms with E-state index in [9.17, 15) is 22.8 Å². The molecule has 2 N–H and O–H groups in total. The molecule has 0 unspecified atom stereocenters. The molecular formula is C20H19F3N6O2. The molecule has 8 nitrogen and oxygen atoms in total. The smallest absolute Gasteiger partial charge is 0.322 e. The summed E-state index contributed by atoms with van der Waals surface area (Å²) in [4.78, 5) is 30.8. The predicted molar refractivity (Wildman–Crippen MR) is 106 cm³/mol. The standard InChI is InChI=1S/C20H19F3N6O2/c1-28-7-13(20(21,22)23)4-14(16(28)30)26-17(31)29(2)19-8-18(9-19,10-19)12-3-11-5-25-27-15(11)24-6-12/h3-7H,8-10H2,1-2H3,(H,26,31)(H,24,25,27). The second-order valence-corrected chi connectivity index (χ2v) is 8.61. The molecule has 3 aromatic rings. The lowest BCUT2D eigenvalue weighted by atomic mass is 9.37. The Morgan fingerprint density at radius 3 is 2.65 bits per heavy atom. The van der Waals surface area contributed by atoms with Gasteiger partial charge < -0.3 is 14.8 Å². The molecule has 0 radical (unpaired) electrons. The van der Waals surface area contributed by atoms with E-state index in [2.05, 4.69) is 20.5 Å². The summed E-state index contributed by atoms with van der Waals surface area (Å²) < 4.78 is 40.0. The number of urea groups is 1. The first-order valence-corrected chi connectivity index (χ1v) is 9.65. The Balaban J connectivity index is 1.31. The van der Waals surface area contributed by atoms with Crippen molar-refractivity contribution < 1.29 is 18.0 Å². The zero-order valence-electron chi connectivity index (χ0n) is 16.7. The highest BCUT2D eigenvalue weighted by molar-refractivity contribution is 5.90. The van der Waals surface area contributed by atoms with Crippen LogP contribution in [0.25, 0.3) is 11.0 Å². The molecule has 2 amide bonds. The molecule has 3 aliphatic rings. The SMILES string of the molecule is CN(C(=O)Nc1cc(C(F)(F)F)cn(C)c1=O)C12CC(c3cnc4[nH]ncc4c3)(C1)C2. The Bertz CT molecular complexity index is 1260. The fourth-order valence-corrected chi connectivity index (χ4v) is 4.89. The Morgan fingerprint density at radius 2 is 1.97 bits per heavy atom. The molecule has 3 aromatic heterocycles. The number of amides is 2. The van der Waals surface area contributed by atoms with Crippen LogP contribution in [-0.2, 0) is 18.6 Å². The monoisotopic (exact) mass is 432 g/mol. The second kappa shape index (κ2) is 6.08. The number of nitrogens with zero attached hydrogens (tertiary/aromatic N) is 4. The van der Waals surface area contributed by atoms with Gasteiger partial charge >= 0.3 is 12.2 Å². The molecule has 0 aliphatic heterocycles. The van der Waals surface area contributed by atoms with Gasteiger partial charge in [-0.2, -0.15) is 18.3 Å². The lowest BCUT2D eigenvalue weighted by Crippen LogP contribution is -2.77. The van der Waals surface area contributed by atoms with Crippen molar-refractivity contribution in [1.29, 1.82) is 0 Å². The zero-order valence-corrected chi connectivity index (χ0v) is 16.7. The lowest BCUT2D eigenvalue weighted by molar-refractivity contribution is -0.140. The highest BCUT2D eigenvalue weighted by Gasteiger charge is 2.71. The number of aryl methyl sites for hydroxylation is 1. The van der Waals surface area contributed by atoms with Crippen LogP contribution in [0.2, 0.25) is 0 Å². The third-order valence-corrected chi connectivity index (χ3v) is 6.67. The number of carbonyl (C=O) groups excluding carboxylic acids is 1. The predicted octanol–water partition coefficient (Wildman–Crippen LogP) is 3.01. The van der Waals surface area contributed by atoms with Crippen LogP contribution >= 0.6 is 0 Å². The van der Waals surface area contributed by atoms with E-state index in [1.165, 1.54) is 11.9 Å². The number of rotatable bonds is 3. The number of halogens is 3. The van der Waals surface area contributed by atoms with Gasteiger partial charge in [-0.3, -0.25) is 9.89 Å². The number of hydrogen-bond acceptors (Lipinski definition) is 4. The normalized spacial score (nSPS) is 24.4. The number of aromatic amines is 1. The highest BCUT2D eigenvalue weighted by atomic mass is 19.4. The summed E-state index contributed by atoms with van der Waals surface area (Å²) in [5.41, 5.74) is -0.734. The maximum absolute atomic E-state index is 13.1. The van der Waals surface area contributed by atoms with Crippen LogP contribution in [0.1, 0.15) is 30.4 Å². The number of nitrogens with one attached hydrogen (secondary N) is 2. The number of anilines is 1. The quantitative estimate of drug-likeness (QED) is 0.665. The number of carbonyl (C=O) groups is 1. The molecule has 0 saturated heterocycles. The Hall–Kier alpha value is -3.37. The summed E-state index contributed by atoms with van der Waals surface area (Å²) in [5.74, 6) is 0. The molecule has 3 fully saturated rings. The van der Waals surface area contributed by atoms with Gasteiger partial charge in [-0.1, -0.05) is 0 Å². The Labute approximate surface area is 174 Å². The summed E-state index contributed by atoms with van der Waals surface area (Å²) in [6.45, 7) is 0. The molecule has 6 rings (SSSR count). The third-order valence-electron chi connectivity index (χ3n) is 6.67. The molecule has 3 saturated carbocycles. The fraction of sp³-hybridized carbons (Fsp3) is 0.400. The minimum Gasteiger partial charge on any atom is -0.322 e. The van der Waals surface area contributed by atoms with E-state index in [0.717, 1.165) is 34.8 Å². The Kier molecular flexibility index (Phi) is 3.84. The Morgan fingerprint density at radius 1 is 1.26 bits per heavy atom. The summed E-state index contributed by atoms with van der Waals surface area (Å²) in [6.07, 6.45) is 1.80. The average Bonchev–Trinajstić information content (AvgIpc) is 3.10. The molecule has 11 heteroatoms. The van der Waals surface area contributed by atoms with Crippen LogP contribution in [0.5, 0.6) is 0 Å². The number of fused-ring (bicyclic) bond motifs is 1. The van der Waals surface area contributed by atoms with Gasteiger partial charge in [0.05, 0.1) is 11.8 Å². The van der Waals surface area contributed by atoms with E-state index in [1.54, 1.807) is 13.2 Å².